The Morgan fingerprint density at radius 3 is 2.87 bits per heavy atom. The number of likely N-dealkylation sites (tertiary alicyclic amines) is 1. The zero-order valence-electron chi connectivity index (χ0n) is 14.2. The lowest BCUT2D eigenvalue weighted by Crippen LogP contribution is -2.38. The fourth-order valence-electron chi connectivity index (χ4n) is 2.79. The number of ether oxygens (including phenoxy) is 1. The lowest BCUT2D eigenvalue weighted by atomic mass is 10.1. The second kappa shape index (κ2) is 7.99. The average Bonchev–Trinajstić information content (AvgIpc) is 2.94. The molecule has 0 saturated carbocycles. The summed E-state index contributed by atoms with van der Waals surface area (Å²) < 4.78 is 5.34. The van der Waals surface area contributed by atoms with Crippen LogP contribution in [0.3, 0.4) is 0 Å². The Kier molecular flexibility index (Phi) is 6.02. The molecule has 0 bridgehead atoms. The summed E-state index contributed by atoms with van der Waals surface area (Å²) in [6.07, 6.45) is 1.94. The highest BCUT2D eigenvalue weighted by molar-refractivity contribution is 5.89. The highest BCUT2D eigenvalue weighted by Crippen LogP contribution is 2.22. The zero-order valence-corrected chi connectivity index (χ0v) is 14.2. The first-order valence-electron chi connectivity index (χ1n) is 8.25. The Morgan fingerprint density at radius 1 is 1.43 bits per heavy atom. The number of para-hydroxylation sites is 1. The third-order valence-electron chi connectivity index (χ3n) is 4.43. The SMILES string of the molecule is CCC(C)NC(=O)C1CC(=O)N(CCc2ccccc2OC)C1. The van der Waals surface area contributed by atoms with Crippen LogP contribution in [0, 0.1) is 5.92 Å². The van der Waals surface area contributed by atoms with Gasteiger partial charge in [0.25, 0.3) is 0 Å². The first-order chi connectivity index (χ1) is 11.0. The van der Waals surface area contributed by atoms with E-state index in [4.69, 9.17) is 4.74 Å². The highest BCUT2D eigenvalue weighted by Gasteiger charge is 2.34. The molecule has 23 heavy (non-hydrogen) atoms. The van der Waals surface area contributed by atoms with Gasteiger partial charge < -0.3 is 15.0 Å². The molecule has 126 valence electrons. The smallest absolute Gasteiger partial charge is 0.225 e. The number of benzene rings is 1. The Labute approximate surface area is 138 Å². The number of hydrogen-bond donors (Lipinski definition) is 1. The normalized spacial score (nSPS) is 18.8. The molecular weight excluding hydrogens is 292 g/mol. The molecule has 0 aliphatic carbocycles. The topological polar surface area (TPSA) is 58.6 Å². The predicted octanol–water partition coefficient (Wildman–Crippen LogP) is 2.00. The monoisotopic (exact) mass is 318 g/mol. The summed E-state index contributed by atoms with van der Waals surface area (Å²) in [7, 11) is 1.65. The van der Waals surface area contributed by atoms with Gasteiger partial charge in [-0.15, -0.1) is 0 Å². The second-order valence-electron chi connectivity index (χ2n) is 6.12. The maximum atomic E-state index is 12.2. The maximum Gasteiger partial charge on any atom is 0.225 e. The molecule has 1 aromatic carbocycles. The molecule has 2 rings (SSSR count). The zero-order chi connectivity index (χ0) is 16.8. The van der Waals surface area contributed by atoms with Crippen LogP contribution in [0.25, 0.3) is 0 Å². The summed E-state index contributed by atoms with van der Waals surface area (Å²) in [6.45, 7) is 5.14. The summed E-state index contributed by atoms with van der Waals surface area (Å²) in [5.74, 6) is 0.663. The number of methoxy groups -OCH3 is 1. The Bertz CT molecular complexity index is 559. The van der Waals surface area contributed by atoms with E-state index in [0.717, 1.165) is 24.2 Å². The van der Waals surface area contributed by atoms with Crippen LogP contribution in [0.5, 0.6) is 5.75 Å². The summed E-state index contributed by atoms with van der Waals surface area (Å²) >= 11 is 0. The van der Waals surface area contributed by atoms with Crippen LogP contribution in [0.2, 0.25) is 0 Å². The van der Waals surface area contributed by atoms with Crippen LogP contribution in [0.15, 0.2) is 24.3 Å². The van der Waals surface area contributed by atoms with Crippen LogP contribution >= 0.6 is 0 Å². The minimum absolute atomic E-state index is 0.00695. The Morgan fingerprint density at radius 2 is 2.17 bits per heavy atom. The van der Waals surface area contributed by atoms with Gasteiger partial charge in [0.05, 0.1) is 13.0 Å². The van der Waals surface area contributed by atoms with Crippen molar-refractivity contribution >= 4 is 11.8 Å². The molecule has 2 unspecified atom stereocenters. The number of nitrogens with zero attached hydrogens (tertiary/aromatic N) is 1. The van der Waals surface area contributed by atoms with Gasteiger partial charge in [-0.05, 0) is 31.4 Å². The van der Waals surface area contributed by atoms with Gasteiger partial charge in [0, 0.05) is 25.6 Å². The summed E-state index contributed by atoms with van der Waals surface area (Å²) in [5, 5.41) is 2.97. The van der Waals surface area contributed by atoms with E-state index in [1.54, 1.807) is 12.0 Å². The summed E-state index contributed by atoms with van der Waals surface area (Å²) in [6, 6.07) is 7.97. The molecule has 1 heterocycles. The van der Waals surface area contributed by atoms with Crippen molar-refractivity contribution < 1.29 is 14.3 Å². The number of amides is 2. The summed E-state index contributed by atoms with van der Waals surface area (Å²) in [4.78, 5) is 26.1. The van der Waals surface area contributed by atoms with E-state index in [9.17, 15) is 9.59 Å². The lowest BCUT2D eigenvalue weighted by Gasteiger charge is -2.18. The number of hydrogen-bond acceptors (Lipinski definition) is 3. The van der Waals surface area contributed by atoms with Crippen molar-refractivity contribution in [1.29, 1.82) is 0 Å². The lowest BCUT2D eigenvalue weighted by molar-refractivity contribution is -0.129. The van der Waals surface area contributed by atoms with E-state index >= 15 is 0 Å². The Hall–Kier alpha value is -2.04. The van der Waals surface area contributed by atoms with E-state index in [1.807, 2.05) is 38.1 Å². The number of nitrogens with one attached hydrogen (secondary N) is 1. The predicted molar refractivity (Wildman–Crippen MR) is 89.3 cm³/mol. The van der Waals surface area contributed by atoms with Crippen molar-refractivity contribution in [3.8, 4) is 5.75 Å². The van der Waals surface area contributed by atoms with Crippen LogP contribution in [-0.4, -0.2) is 43.0 Å². The quantitative estimate of drug-likeness (QED) is 0.836. The molecular formula is C18H26N2O3. The van der Waals surface area contributed by atoms with Gasteiger partial charge >= 0.3 is 0 Å². The molecule has 1 aliphatic rings. The second-order valence-corrected chi connectivity index (χ2v) is 6.12. The molecule has 0 spiro atoms. The molecule has 1 N–H and O–H groups in total. The molecule has 1 aromatic rings. The Balaban J connectivity index is 1.89. The van der Waals surface area contributed by atoms with E-state index in [0.29, 0.717) is 19.5 Å². The number of rotatable bonds is 7. The molecule has 1 saturated heterocycles. The maximum absolute atomic E-state index is 12.2. The minimum Gasteiger partial charge on any atom is -0.496 e. The van der Waals surface area contributed by atoms with E-state index in [2.05, 4.69) is 5.32 Å². The van der Waals surface area contributed by atoms with E-state index < -0.39 is 0 Å². The van der Waals surface area contributed by atoms with Crippen molar-refractivity contribution in [1.82, 2.24) is 10.2 Å². The molecule has 5 nitrogen and oxygen atoms in total. The van der Waals surface area contributed by atoms with Crippen molar-refractivity contribution in [3.05, 3.63) is 29.8 Å². The van der Waals surface area contributed by atoms with Crippen LogP contribution in [-0.2, 0) is 16.0 Å². The van der Waals surface area contributed by atoms with Gasteiger partial charge in [-0.3, -0.25) is 9.59 Å². The molecule has 2 amide bonds. The van der Waals surface area contributed by atoms with Gasteiger partial charge in [0.2, 0.25) is 11.8 Å². The fourth-order valence-corrected chi connectivity index (χ4v) is 2.79. The first-order valence-corrected chi connectivity index (χ1v) is 8.25. The van der Waals surface area contributed by atoms with E-state index in [-0.39, 0.29) is 23.8 Å². The van der Waals surface area contributed by atoms with Gasteiger partial charge in [0.15, 0.2) is 0 Å². The van der Waals surface area contributed by atoms with E-state index in [1.165, 1.54) is 0 Å². The van der Waals surface area contributed by atoms with Crippen molar-refractivity contribution in [3.63, 3.8) is 0 Å². The van der Waals surface area contributed by atoms with Crippen molar-refractivity contribution in [2.45, 2.75) is 39.2 Å². The third kappa shape index (κ3) is 4.47. The molecule has 2 atom stereocenters. The molecule has 1 fully saturated rings. The van der Waals surface area contributed by atoms with Crippen LogP contribution < -0.4 is 10.1 Å². The van der Waals surface area contributed by atoms with Gasteiger partial charge in [-0.25, -0.2) is 0 Å². The standard InChI is InChI=1S/C18H26N2O3/c1-4-13(2)19-18(22)15-11-17(21)20(12-15)10-9-14-7-5-6-8-16(14)23-3/h5-8,13,15H,4,9-12H2,1-3H3,(H,19,22). The fraction of sp³-hybridized carbons (Fsp3) is 0.556. The molecule has 0 aromatic heterocycles. The molecule has 1 aliphatic heterocycles. The van der Waals surface area contributed by atoms with Gasteiger partial charge in [-0.1, -0.05) is 25.1 Å². The van der Waals surface area contributed by atoms with Gasteiger partial charge in [0.1, 0.15) is 5.75 Å². The average molecular weight is 318 g/mol. The minimum atomic E-state index is -0.228. The van der Waals surface area contributed by atoms with Crippen LogP contribution in [0.4, 0.5) is 0 Å². The number of carbonyl (C=O) groups is 2. The molecule has 5 heteroatoms. The van der Waals surface area contributed by atoms with Crippen LogP contribution in [0.1, 0.15) is 32.3 Å². The largest absolute Gasteiger partial charge is 0.496 e. The third-order valence-corrected chi connectivity index (χ3v) is 4.43. The first kappa shape index (κ1) is 17.3. The molecule has 0 radical (unpaired) electrons. The highest BCUT2D eigenvalue weighted by atomic mass is 16.5. The summed E-state index contributed by atoms with van der Waals surface area (Å²) in [5.41, 5.74) is 1.08. The van der Waals surface area contributed by atoms with Crippen molar-refractivity contribution in [2.75, 3.05) is 20.2 Å². The number of carbonyl (C=O) groups excluding carboxylic acids is 2. The van der Waals surface area contributed by atoms with Crippen molar-refractivity contribution in [2.24, 2.45) is 5.92 Å². The van der Waals surface area contributed by atoms with Gasteiger partial charge in [-0.2, -0.15) is 0 Å².